The minimum absolute atomic E-state index is 0.477. The highest BCUT2D eigenvalue weighted by Gasteiger charge is 2.36. The molecule has 126 valence electrons. The van der Waals surface area contributed by atoms with Gasteiger partial charge in [0.1, 0.15) is 0 Å². The zero-order valence-corrected chi connectivity index (χ0v) is 14.6. The summed E-state index contributed by atoms with van der Waals surface area (Å²) >= 11 is 0. The Balaban J connectivity index is 1.95. The van der Waals surface area contributed by atoms with Gasteiger partial charge < -0.3 is 14.7 Å². The Bertz CT molecular complexity index is 620. The highest BCUT2D eigenvalue weighted by Crippen LogP contribution is 2.37. The Labute approximate surface area is 139 Å². The van der Waals surface area contributed by atoms with Gasteiger partial charge in [0.05, 0.1) is 5.69 Å². The van der Waals surface area contributed by atoms with Crippen molar-refractivity contribution in [3.05, 3.63) is 30.0 Å². The van der Waals surface area contributed by atoms with Crippen molar-refractivity contribution in [3.8, 4) is 0 Å². The van der Waals surface area contributed by atoms with E-state index in [2.05, 4.69) is 48.3 Å². The molecule has 1 saturated heterocycles. The third-order valence-electron chi connectivity index (χ3n) is 5.48. The summed E-state index contributed by atoms with van der Waals surface area (Å²) in [7, 11) is 0. The number of para-hydroxylation sites is 1. The van der Waals surface area contributed by atoms with E-state index in [0.29, 0.717) is 17.9 Å². The van der Waals surface area contributed by atoms with Crippen molar-refractivity contribution in [1.82, 2.24) is 15.4 Å². The lowest BCUT2D eigenvalue weighted by molar-refractivity contribution is 0.115. The first-order chi connectivity index (χ1) is 11.3. The Morgan fingerprint density at radius 3 is 2.78 bits per heavy atom. The van der Waals surface area contributed by atoms with Crippen LogP contribution in [0, 0.1) is 5.92 Å². The Kier molecular flexibility index (Phi) is 5.34. The molecular formula is C19H29N3O. The van der Waals surface area contributed by atoms with Crippen molar-refractivity contribution in [2.24, 2.45) is 5.92 Å². The molecule has 1 aromatic heterocycles. The monoisotopic (exact) mass is 315 g/mol. The summed E-state index contributed by atoms with van der Waals surface area (Å²) in [5.74, 6) is 1.06. The van der Waals surface area contributed by atoms with Crippen LogP contribution in [0.3, 0.4) is 0 Å². The first-order valence-electron chi connectivity index (χ1n) is 9.09. The first kappa shape index (κ1) is 16.5. The number of rotatable bonds is 6. The third-order valence-corrected chi connectivity index (χ3v) is 5.48. The third kappa shape index (κ3) is 3.15. The minimum atomic E-state index is 0.477. The first-order valence-corrected chi connectivity index (χ1v) is 9.09. The van der Waals surface area contributed by atoms with Crippen molar-refractivity contribution in [3.63, 3.8) is 0 Å². The van der Waals surface area contributed by atoms with Gasteiger partial charge in [-0.15, -0.1) is 0 Å². The average Bonchev–Trinajstić information content (AvgIpc) is 3.03. The molecule has 4 heteroatoms. The lowest BCUT2D eigenvalue weighted by Gasteiger charge is -2.41. The van der Waals surface area contributed by atoms with Crippen LogP contribution in [-0.2, 0) is 0 Å². The van der Waals surface area contributed by atoms with Crippen LogP contribution in [0.15, 0.2) is 28.8 Å². The van der Waals surface area contributed by atoms with Crippen LogP contribution in [0.2, 0.25) is 0 Å². The number of hydrogen-bond acceptors (Lipinski definition) is 4. The number of aromatic nitrogens is 1. The zero-order chi connectivity index (χ0) is 16.2. The Morgan fingerprint density at radius 1 is 1.26 bits per heavy atom. The Hall–Kier alpha value is -1.39. The van der Waals surface area contributed by atoms with Crippen LogP contribution >= 0.6 is 0 Å². The summed E-state index contributed by atoms with van der Waals surface area (Å²) in [6.07, 6.45) is 2.32. The molecule has 0 saturated carbocycles. The summed E-state index contributed by atoms with van der Waals surface area (Å²) < 4.78 is 5.59. The molecule has 0 radical (unpaired) electrons. The zero-order valence-electron chi connectivity index (χ0n) is 14.6. The lowest BCUT2D eigenvalue weighted by Crippen LogP contribution is -2.49. The number of nitrogens with zero attached hydrogens (tertiary/aromatic N) is 2. The smallest absolute Gasteiger partial charge is 0.167 e. The average molecular weight is 315 g/mol. The number of benzene rings is 1. The highest BCUT2D eigenvalue weighted by atomic mass is 16.5. The number of fused-ring (bicyclic) bond motifs is 1. The van der Waals surface area contributed by atoms with E-state index in [0.717, 1.165) is 43.9 Å². The van der Waals surface area contributed by atoms with Crippen LogP contribution < -0.4 is 5.32 Å². The summed E-state index contributed by atoms with van der Waals surface area (Å²) in [5, 5.41) is 9.28. The molecule has 23 heavy (non-hydrogen) atoms. The molecule has 1 aromatic carbocycles. The Morgan fingerprint density at radius 2 is 2.04 bits per heavy atom. The fourth-order valence-electron chi connectivity index (χ4n) is 4.32. The molecule has 1 aliphatic heterocycles. The van der Waals surface area contributed by atoms with Gasteiger partial charge in [-0.05, 0) is 50.5 Å². The van der Waals surface area contributed by atoms with Crippen LogP contribution in [0.1, 0.15) is 45.2 Å². The largest absolute Gasteiger partial charge is 0.356 e. The molecule has 0 spiro atoms. The second-order valence-electron chi connectivity index (χ2n) is 6.52. The summed E-state index contributed by atoms with van der Waals surface area (Å²) in [4.78, 5) is 2.60. The van der Waals surface area contributed by atoms with Crippen molar-refractivity contribution >= 4 is 11.0 Å². The predicted octanol–water partition coefficient (Wildman–Crippen LogP) is 3.64. The van der Waals surface area contributed by atoms with E-state index < -0.39 is 0 Å². The molecule has 1 fully saturated rings. The molecule has 1 aliphatic rings. The number of nitrogens with one attached hydrogen (secondary N) is 1. The van der Waals surface area contributed by atoms with E-state index in [4.69, 9.17) is 4.52 Å². The van der Waals surface area contributed by atoms with Gasteiger partial charge in [0.2, 0.25) is 0 Å². The quantitative estimate of drug-likeness (QED) is 0.883. The van der Waals surface area contributed by atoms with E-state index in [1.54, 1.807) is 0 Å². The molecule has 2 heterocycles. The van der Waals surface area contributed by atoms with Crippen molar-refractivity contribution in [2.75, 3.05) is 26.2 Å². The van der Waals surface area contributed by atoms with E-state index in [-0.39, 0.29) is 0 Å². The molecule has 2 aromatic rings. The minimum Gasteiger partial charge on any atom is -0.356 e. The predicted molar refractivity (Wildman–Crippen MR) is 94.7 cm³/mol. The van der Waals surface area contributed by atoms with E-state index in [1.807, 2.05) is 12.1 Å². The number of hydrogen-bond donors (Lipinski definition) is 1. The maximum Gasteiger partial charge on any atom is 0.167 e. The van der Waals surface area contributed by atoms with Crippen molar-refractivity contribution < 1.29 is 4.52 Å². The number of piperidine rings is 1. The van der Waals surface area contributed by atoms with Gasteiger partial charge in [0.15, 0.2) is 5.58 Å². The van der Waals surface area contributed by atoms with Crippen LogP contribution in [0.4, 0.5) is 0 Å². The fourth-order valence-corrected chi connectivity index (χ4v) is 4.32. The summed E-state index contributed by atoms with van der Waals surface area (Å²) in [5.41, 5.74) is 2.08. The van der Waals surface area contributed by atoms with Gasteiger partial charge in [-0.2, -0.15) is 0 Å². The normalized spacial score (nSPS) is 23.5. The van der Waals surface area contributed by atoms with Gasteiger partial charge >= 0.3 is 0 Å². The topological polar surface area (TPSA) is 41.3 Å². The highest BCUT2D eigenvalue weighted by molar-refractivity contribution is 5.79. The molecule has 3 rings (SSSR count). The SMILES string of the molecule is CCC(C1CNCCC1c1noc2ccccc12)N(CC)CC. The summed E-state index contributed by atoms with van der Waals surface area (Å²) in [6.45, 7) is 11.2. The van der Waals surface area contributed by atoms with Gasteiger partial charge in [-0.3, -0.25) is 0 Å². The van der Waals surface area contributed by atoms with Gasteiger partial charge in [-0.1, -0.05) is 38.1 Å². The molecule has 0 aliphatic carbocycles. The van der Waals surface area contributed by atoms with Gasteiger partial charge in [0, 0.05) is 23.9 Å². The van der Waals surface area contributed by atoms with E-state index >= 15 is 0 Å². The molecule has 4 nitrogen and oxygen atoms in total. The van der Waals surface area contributed by atoms with Crippen molar-refractivity contribution in [1.29, 1.82) is 0 Å². The molecule has 3 unspecified atom stereocenters. The van der Waals surface area contributed by atoms with Crippen LogP contribution in [0.5, 0.6) is 0 Å². The maximum absolute atomic E-state index is 5.59. The molecule has 1 N–H and O–H groups in total. The van der Waals surface area contributed by atoms with Gasteiger partial charge in [0.25, 0.3) is 0 Å². The lowest BCUT2D eigenvalue weighted by atomic mass is 9.77. The summed E-state index contributed by atoms with van der Waals surface area (Å²) in [6, 6.07) is 8.86. The maximum atomic E-state index is 5.59. The standard InChI is InChI=1S/C19H29N3O/c1-4-17(22(5-2)6-3)16-13-20-12-11-14(16)19-15-9-7-8-10-18(15)23-21-19/h7-10,14,16-17,20H,4-6,11-13H2,1-3H3. The second-order valence-corrected chi connectivity index (χ2v) is 6.52. The van der Waals surface area contributed by atoms with Crippen LogP contribution in [-0.4, -0.2) is 42.3 Å². The second kappa shape index (κ2) is 7.45. The van der Waals surface area contributed by atoms with Crippen LogP contribution in [0.25, 0.3) is 11.0 Å². The molecule has 0 amide bonds. The molecular weight excluding hydrogens is 286 g/mol. The fraction of sp³-hybridized carbons (Fsp3) is 0.632. The molecule has 0 bridgehead atoms. The van der Waals surface area contributed by atoms with Gasteiger partial charge in [-0.25, -0.2) is 0 Å². The van der Waals surface area contributed by atoms with E-state index in [9.17, 15) is 0 Å². The van der Waals surface area contributed by atoms with Crippen molar-refractivity contribution in [2.45, 2.75) is 45.6 Å². The van der Waals surface area contributed by atoms with E-state index in [1.165, 1.54) is 11.8 Å². The molecule has 3 atom stereocenters.